The van der Waals surface area contributed by atoms with Gasteiger partial charge in [-0.3, -0.25) is 0 Å². The molecule has 0 atom stereocenters. The highest BCUT2D eigenvalue weighted by molar-refractivity contribution is 6.25. The second kappa shape index (κ2) is 3.83. The zero-order chi connectivity index (χ0) is 13.8. The molecule has 0 unspecified atom stereocenters. The maximum absolute atomic E-state index is 4.41. The van der Waals surface area contributed by atoms with Crippen molar-refractivity contribution in [1.29, 1.82) is 0 Å². The molecule has 0 bridgehead atoms. The second-order valence-corrected chi connectivity index (χ2v) is 5.41. The number of aromatic nitrogens is 2. The first kappa shape index (κ1) is 10.9. The quantitative estimate of drug-likeness (QED) is 0.427. The van der Waals surface area contributed by atoms with Crippen molar-refractivity contribution < 1.29 is 0 Å². The normalized spacial score (nSPS) is 11.8. The van der Waals surface area contributed by atoms with Gasteiger partial charge in [-0.25, -0.2) is 4.98 Å². The molecule has 0 aliphatic heterocycles. The third kappa shape index (κ3) is 1.39. The Morgan fingerprint density at radius 1 is 0.714 bits per heavy atom. The number of imidazole rings is 1. The largest absolute Gasteiger partial charge is 0.345 e. The number of H-pyrrole nitrogens is 1. The highest BCUT2D eigenvalue weighted by Gasteiger charge is 2.12. The van der Waals surface area contributed by atoms with E-state index in [2.05, 4.69) is 64.6 Å². The lowest BCUT2D eigenvalue weighted by Gasteiger charge is -2.12. The van der Waals surface area contributed by atoms with E-state index in [4.69, 9.17) is 0 Å². The van der Waals surface area contributed by atoms with E-state index < -0.39 is 0 Å². The van der Waals surface area contributed by atoms with E-state index in [1.165, 1.54) is 32.3 Å². The predicted octanol–water partition coefficient (Wildman–Crippen LogP) is 4.97. The van der Waals surface area contributed by atoms with Gasteiger partial charge < -0.3 is 4.98 Å². The van der Waals surface area contributed by atoms with Crippen LogP contribution in [-0.4, -0.2) is 9.97 Å². The summed E-state index contributed by atoms with van der Waals surface area (Å²) in [4.78, 5) is 7.63. The molecule has 21 heavy (non-hydrogen) atoms. The Morgan fingerprint density at radius 2 is 1.43 bits per heavy atom. The summed E-state index contributed by atoms with van der Waals surface area (Å²) in [5.41, 5.74) is 1.16. The first-order valence-electron chi connectivity index (χ1n) is 7.08. The number of hydrogen-bond acceptors (Lipinski definition) is 1. The van der Waals surface area contributed by atoms with Crippen molar-refractivity contribution in [1.82, 2.24) is 9.97 Å². The van der Waals surface area contributed by atoms with Crippen LogP contribution in [0.1, 0.15) is 0 Å². The maximum atomic E-state index is 4.41. The Hall–Kier alpha value is -2.87. The summed E-state index contributed by atoms with van der Waals surface area (Å²) in [5.74, 6) is 0.924. The van der Waals surface area contributed by atoms with Gasteiger partial charge in [0.25, 0.3) is 0 Å². The molecule has 1 aromatic heterocycles. The van der Waals surface area contributed by atoms with E-state index in [1.54, 1.807) is 6.20 Å². The lowest BCUT2D eigenvalue weighted by atomic mass is 9.92. The molecule has 5 aromatic rings. The first-order chi connectivity index (χ1) is 10.4. The van der Waals surface area contributed by atoms with Crippen LogP contribution in [0.4, 0.5) is 0 Å². The monoisotopic (exact) mass is 268 g/mol. The Morgan fingerprint density at radius 3 is 2.19 bits per heavy atom. The van der Waals surface area contributed by atoms with Crippen LogP contribution in [-0.2, 0) is 0 Å². The Kier molecular flexibility index (Phi) is 1.98. The molecule has 1 N–H and O–H groups in total. The molecule has 2 nitrogen and oxygen atoms in total. The van der Waals surface area contributed by atoms with E-state index in [9.17, 15) is 0 Å². The van der Waals surface area contributed by atoms with Crippen molar-refractivity contribution in [2.75, 3.05) is 0 Å². The van der Waals surface area contributed by atoms with E-state index >= 15 is 0 Å². The van der Waals surface area contributed by atoms with Gasteiger partial charge in [0.2, 0.25) is 0 Å². The minimum absolute atomic E-state index is 0.924. The second-order valence-electron chi connectivity index (χ2n) is 5.41. The van der Waals surface area contributed by atoms with Crippen LogP contribution in [0.15, 0.2) is 67.0 Å². The van der Waals surface area contributed by atoms with Crippen LogP contribution in [0.2, 0.25) is 0 Å². The van der Waals surface area contributed by atoms with Gasteiger partial charge in [0.15, 0.2) is 0 Å². The summed E-state index contributed by atoms with van der Waals surface area (Å²) in [6, 6.07) is 19.6. The van der Waals surface area contributed by atoms with Crippen LogP contribution < -0.4 is 0 Å². The SMILES string of the molecule is c1cc2ccc3ccc(-c4ncc[nH]4)c4ccc(c1)c2c34. The van der Waals surface area contributed by atoms with Gasteiger partial charge in [-0.1, -0.05) is 54.6 Å². The molecule has 1 heterocycles. The molecule has 0 aliphatic rings. The van der Waals surface area contributed by atoms with Gasteiger partial charge in [-0.05, 0) is 32.3 Å². The van der Waals surface area contributed by atoms with Crippen LogP contribution in [0, 0.1) is 0 Å². The summed E-state index contributed by atoms with van der Waals surface area (Å²) in [7, 11) is 0. The number of rotatable bonds is 1. The molecule has 5 rings (SSSR count). The van der Waals surface area contributed by atoms with E-state index in [0.29, 0.717) is 0 Å². The summed E-state index contributed by atoms with van der Waals surface area (Å²) < 4.78 is 0. The van der Waals surface area contributed by atoms with Crippen molar-refractivity contribution in [2.24, 2.45) is 0 Å². The van der Waals surface area contributed by atoms with Crippen molar-refractivity contribution >= 4 is 32.3 Å². The highest BCUT2D eigenvalue weighted by atomic mass is 14.9. The Balaban J connectivity index is 2.07. The number of nitrogens with zero attached hydrogens (tertiary/aromatic N) is 1. The van der Waals surface area contributed by atoms with Gasteiger partial charge >= 0.3 is 0 Å². The summed E-state index contributed by atoms with van der Waals surface area (Å²) in [6.45, 7) is 0. The Bertz CT molecular complexity index is 1060. The highest BCUT2D eigenvalue weighted by Crippen LogP contribution is 2.38. The number of hydrogen-bond donors (Lipinski definition) is 1. The maximum Gasteiger partial charge on any atom is 0.137 e. The van der Waals surface area contributed by atoms with Crippen LogP contribution >= 0.6 is 0 Å². The fourth-order valence-electron chi connectivity index (χ4n) is 3.35. The lowest BCUT2D eigenvalue weighted by Crippen LogP contribution is -1.88. The molecule has 98 valence electrons. The number of nitrogens with one attached hydrogen (secondary N) is 1. The topological polar surface area (TPSA) is 28.7 Å². The fourth-order valence-corrected chi connectivity index (χ4v) is 3.35. The minimum Gasteiger partial charge on any atom is -0.345 e. The lowest BCUT2D eigenvalue weighted by molar-refractivity contribution is 1.32. The molecule has 0 amide bonds. The average molecular weight is 268 g/mol. The third-order valence-corrected chi connectivity index (χ3v) is 4.28. The molecule has 0 saturated carbocycles. The molecule has 0 radical (unpaired) electrons. The van der Waals surface area contributed by atoms with E-state index in [1.807, 2.05) is 6.20 Å². The standard InChI is InChI=1S/C19H12N2/c1-2-12-4-5-14-7-9-16(19-20-10-11-21-19)15-8-6-13(3-1)17(12)18(14)15/h1-11H,(H,20,21). The summed E-state index contributed by atoms with van der Waals surface area (Å²) in [6.07, 6.45) is 3.67. The predicted molar refractivity (Wildman–Crippen MR) is 87.7 cm³/mol. The molecule has 0 aliphatic carbocycles. The molecule has 0 saturated heterocycles. The van der Waals surface area contributed by atoms with Crippen LogP contribution in [0.25, 0.3) is 43.7 Å². The molecule has 0 fully saturated rings. The number of aromatic amines is 1. The minimum atomic E-state index is 0.924. The van der Waals surface area contributed by atoms with Gasteiger partial charge in [0, 0.05) is 18.0 Å². The number of benzene rings is 4. The Labute approximate surface area is 121 Å². The molecular weight excluding hydrogens is 256 g/mol. The first-order valence-corrected chi connectivity index (χ1v) is 7.08. The van der Waals surface area contributed by atoms with Gasteiger partial charge in [-0.2, -0.15) is 0 Å². The van der Waals surface area contributed by atoms with Crippen LogP contribution in [0.3, 0.4) is 0 Å². The molecule has 4 aromatic carbocycles. The summed E-state index contributed by atoms with van der Waals surface area (Å²) in [5, 5.41) is 7.81. The molecule has 2 heteroatoms. The fraction of sp³-hybridized carbons (Fsp3) is 0. The molecule has 0 spiro atoms. The third-order valence-electron chi connectivity index (χ3n) is 4.28. The zero-order valence-corrected chi connectivity index (χ0v) is 11.3. The van der Waals surface area contributed by atoms with Crippen LogP contribution in [0.5, 0.6) is 0 Å². The van der Waals surface area contributed by atoms with E-state index in [-0.39, 0.29) is 0 Å². The average Bonchev–Trinajstić information content (AvgIpc) is 3.07. The summed E-state index contributed by atoms with van der Waals surface area (Å²) >= 11 is 0. The van der Waals surface area contributed by atoms with E-state index in [0.717, 1.165) is 11.4 Å². The van der Waals surface area contributed by atoms with Crippen molar-refractivity contribution in [2.45, 2.75) is 0 Å². The molecular formula is C19H12N2. The zero-order valence-electron chi connectivity index (χ0n) is 11.3. The van der Waals surface area contributed by atoms with Crippen molar-refractivity contribution in [3.05, 3.63) is 67.0 Å². The van der Waals surface area contributed by atoms with Gasteiger partial charge in [-0.15, -0.1) is 0 Å². The van der Waals surface area contributed by atoms with Gasteiger partial charge in [0.05, 0.1) is 0 Å². The van der Waals surface area contributed by atoms with Crippen molar-refractivity contribution in [3.8, 4) is 11.4 Å². The van der Waals surface area contributed by atoms with Gasteiger partial charge in [0.1, 0.15) is 5.82 Å². The van der Waals surface area contributed by atoms with Crippen molar-refractivity contribution in [3.63, 3.8) is 0 Å². The smallest absolute Gasteiger partial charge is 0.137 e.